The molecule has 5 aromatic rings. The molecule has 1 aliphatic heterocycles. The molecule has 0 bridgehead atoms. The maximum absolute atomic E-state index is 13.9. The van der Waals surface area contributed by atoms with Crippen molar-refractivity contribution in [3.05, 3.63) is 154 Å². The van der Waals surface area contributed by atoms with Crippen molar-refractivity contribution in [3.8, 4) is 28.8 Å². The standard InChI is InChI=1S/C37H26F2N4O3/c1-24-33(36(44)42(37(45)34(24)20-40)21-25-10-14-29(38)15-11-25)19-28-22-43(31-7-3-2-4-8-31)41-35(28)27-6-5-9-32(18-27)46-23-26-12-16-30(39)17-13-26/h2-19,22H,21,23H2,1H3/b33-19+. The van der Waals surface area contributed by atoms with Gasteiger partial charge in [0, 0.05) is 22.9 Å². The van der Waals surface area contributed by atoms with Crippen molar-refractivity contribution in [2.45, 2.75) is 20.1 Å². The van der Waals surface area contributed by atoms with E-state index in [1.165, 1.54) is 36.4 Å². The van der Waals surface area contributed by atoms with E-state index < -0.39 is 17.6 Å². The van der Waals surface area contributed by atoms with Crippen LogP contribution in [-0.4, -0.2) is 26.5 Å². The zero-order valence-corrected chi connectivity index (χ0v) is 24.7. The van der Waals surface area contributed by atoms with Crippen LogP contribution in [0.1, 0.15) is 23.6 Å². The third-order valence-electron chi connectivity index (χ3n) is 7.57. The maximum Gasteiger partial charge on any atom is 0.271 e. The van der Waals surface area contributed by atoms with E-state index in [0.29, 0.717) is 28.1 Å². The molecule has 46 heavy (non-hydrogen) atoms. The van der Waals surface area contributed by atoms with Crippen molar-refractivity contribution in [1.29, 1.82) is 5.26 Å². The van der Waals surface area contributed by atoms with Crippen LogP contribution in [0.4, 0.5) is 8.78 Å². The number of ether oxygens (including phenoxy) is 1. The Balaban J connectivity index is 1.41. The molecule has 6 rings (SSSR count). The molecule has 0 aliphatic carbocycles. The Morgan fingerprint density at radius 1 is 0.848 bits per heavy atom. The van der Waals surface area contributed by atoms with Gasteiger partial charge in [0.05, 0.1) is 12.2 Å². The lowest BCUT2D eigenvalue weighted by Crippen LogP contribution is -2.42. The minimum atomic E-state index is -0.710. The number of benzene rings is 4. The van der Waals surface area contributed by atoms with E-state index in [2.05, 4.69) is 0 Å². The van der Waals surface area contributed by atoms with E-state index in [0.717, 1.165) is 16.2 Å². The SMILES string of the molecule is CC1=C(C#N)C(=O)N(Cc2ccc(F)cc2)C(=O)/C1=C/c1cn(-c2ccccc2)nc1-c1cccc(OCc2ccc(F)cc2)c1. The van der Waals surface area contributed by atoms with Crippen molar-refractivity contribution in [2.75, 3.05) is 0 Å². The number of carbonyl (C=O) groups is 2. The highest BCUT2D eigenvalue weighted by Crippen LogP contribution is 2.33. The number of hydrogen-bond acceptors (Lipinski definition) is 5. The second-order valence-corrected chi connectivity index (χ2v) is 10.6. The van der Waals surface area contributed by atoms with Crippen molar-refractivity contribution >= 4 is 17.9 Å². The van der Waals surface area contributed by atoms with Crippen molar-refractivity contribution in [2.24, 2.45) is 0 Å². The highest BCUT2D eigenvalue weighted by Gasteiger charge is 2.35. The van der Waals surface area contributed by atoms with E-state index in [9.17, 15) is 23.6 Å². The molecule has 0 N–H and O–H groups in total. The summed E-state index contributed by atoms with van der Waals surface area (Å²) in [6.07, 6.45) is 3.41. The van der Waals surface area contributed by atoms with Gasteiger partial charge in [-0.3, -0.25) is 14.5 Å². The van der Waals surface area contributed by atoms with E-state index in [1.807, 2.05) is 54.6 Å². The number of imide groups is 1. The van der Waals surface area contributed by atoms with Crippen LogP contribution in [0.3, 0.4) is 0 Å². The molecular weight excluding hydrogens is 586 g/mol. The largest absolute Gasteiger partial charge is 0.489 e. The molecule has 0 atom stereocenters. The minimum absolute atomic E-state index is 0.128. The number of nitriles is 1. The van der Waals surface area contributed by atoms with Crippen LogP contribution >= 0.6 is 0 Å². The van der Waals surface area contributed by atoms with Crippen LogP contribution in [0.5, 0.6) is 5.75 Å². The number of halogens is 2. The lowest BCUT2D eigenvalue weighted by molar-refractivity contribution is -0.141. The Morgan fingerprint density at radius 2 is 1.52 bits per heavy atom. The van der Waals surface area contributed by atoms with Gasteiger partial charge in [-0.25, -0.2) is 13.5 Å². The summed E-state index contributed by atoms with van der Waals surface area (Å²) < 4.78 is 34.5. The zero-order chi connectivity index (χ0) is 32.2. The Hall–Kier alpha value is -6.14. The van der Waals surface area contributed by atoms with Gasteiger partial charge in [-0.05, 0) is 78.2 Å². The average molecular weight is 613 g/mol. The number of para-hydroxylation sites is 1. The molecular formula is C37H26F2N4O3. The summed E-state index contributed by atoms with van der Waals surface area (Å²) in [4.78, 5) is 28.1. The highest BCUT2D eigenvalue weighted by atomic mass is 19.1. The molecule has 1 aliphatic rings. The first-order chi connectivity index (χ1) is 22.3. The molecule has 9 heteroatoms. The molecule has 0 radical (unpaired) electrons. The third kappa shape index (κ3) is 6.23. The Kier molecular flexibility index (Phi) is 8.35. The lowest BCUT2D eigenvalue weighted by atomic mass is 9.93. The van der Waals surface area contributed by atoms with Crippen LogP contribution in [-0.2, 0) is 22.7 Å². The Bertz CT molecular complexity index is 2040. The number of amides is 2. The molecule has 2 amide bonds. The molecule has 0 spiro atoms. The van der Waals surface area contributed by atoms with Crippen LogP contribution in [0.2, 0.25) is 0 Å². The lowest BCUT2D eigenvalue weighted by Gasteiger charge is -2.27. The summed E-state index contributed by atoms with van der Waals surface area (Å²) in [5.41, 5.74) is 4.18. The van der Waals surface area contributed by atoms with Gasteiger partial charge in [0.25, 0.3) is 11.8 Å². The summed E-state index contributed by atoms with van der Waals surface area (Å²) in [6, 6.07) is 30.2. The van der Waals surface area contributed by atoms with E-state index in [4.69, 9.17) is 9.84 Å². The molecule has 1 aromatic heterocycles. The van der Waals surface area contributed by atoms with Gasteiger partial charge in [-0.2, -0.15) is 10.4 Å². The van der Waals surface area contributed by atoms with Crippen LogP contribution in [0.15, 0.2) is 126 Å². The number of aromatic nitrogens is 2. The molecule has 0 fully saturated rings. The van der Waals surface area contributed by atoms with Crippen molar-refractivity contribution in [1.82, 2.24) is 14.7 Å². The summed E-state index contributed by atoms with van der Waals surface area (Å²) >= 11 is 0. The van der Waals surface area contributed by atoms with Gasteiger partial charge in [0.15, 0.2) is 0 Å². The van der Waals surface area contributed by atoms with E-state index in [-0.39, 0.29) is 35.7 Å². The second kappa shape index (κ2) is 12.8. The zero-order valence-electron chi connectivity index (χ0n) is 24.7. The summed E-state index contributed by atoms with van der Waals surface area (Å²) in [7, 11) is 0. The normalized spacial score (nSPS) is 14.1. The Morgan fingerprint density at radius 3 is 2.20 bits per heavy atom. The van der Waals surface area contributed by atoms with Gasteiger partial charge < -0.3 is 4.74 Å². The van der Waals surface area contributed by atoms with Gasteiger partial charge in [-0.15, -0.1) is 0 Å². The number of hydrogen-bond donors (Lipinski definition) is 0. The van der Waals surface area contributed by atoms with Gasteiger partial charge in [0.2, 0.25) is 0 Å². The van der Waals surface area contributed by atoms with Gasteiger partial charge in [-0.1, -0.05) is 54.6 Å². The molecule has 226 valence electrons. The fraction of sp³-hybridized carbons (Fsp3) is 0.0811. The minimum Gasteiger partial charge on any atom is -0.489 e. The first-order valence-electron chi connectivity index (χ1n) is 14.4. The number of carbonyl (C=O) groups excluding carboxylic acids is 2. The summed E-state index contributed by atoms with van der Waals surface area (Å²) in [6.45, 7) is 1.67. The van der Waals surface area contributed by atoms with E-state index in [1.54, 1.807) is 42.1 Å². The van der Waals surface area contributed by atoms with Crippen LogP contribution < -0.4 is 4.74 Å². The molecule has 0 saturated carbocycles. The predicted octanol–water partition coefficient (Wildman–Crippen LogP) is 7.19. The quantitative estimate of drug-likeness (QED) is 0.137. The average Bonchev–Trinajstić information content (AvgIpc) is 3.50. The smallest absolute Gasteiger partial charge is 0.271 e. The number of rotatable bonds is 8. The molecule has 0 unspecified atom stereocenters. The number of nitrogens with zero attached hydrogens (tertiary/aromatic N) is 4. The topological polar surface area (TPSA) is 88.2 Å². The monoisotopic (exact) mass is 612 g/mol. The van der Waals surface area contributed by atoms with Crippen LogP contribution in [0, 0.1) is 23.0 Å². The molecule has 7 nitrogen and oxygen atoms in total. The molecule has 0 saturated heterocycles. The van der Waals surface area contributed by atoms with Gasteiger partial charge in [0.1, 0.15) is 41.3 Å². The van der Waals surface area contributed by atoms with Crippen LogP contribution in [0.25, 0.3) is 23.0 Å². The first-order valence-corrected chi connectivity index (χ1v) is 14.4. The summed E-state index contributed by atoms with van der Waals surface area (Å²) in [5, 5.41) is 14.7. The second-order valence-electron chi connectivity index (χ2n) is 10.6. The predicted molar refractivity (Wildman–Crippen MR) is 168 cm³/mol. The fourth-order valence-corrected chi connectivity index (χ4v) is 5.11. The first kappa shape index (κ1) is 29.9. The maximum atomic E-state index is 13.9. The molecule has 4 aromatic carbocycles. The van der Waals surface area contributed by atoms with Crippen molar-refractivity contribution in [3.63, 3.8) is 0 Å². The van der Waals surface area contributed by atoms with Gasteiger partial charge >= 0.3 is 0 Å². The highest BCUT2D eigenvalue weighted by molar-refractivity contribution is 6.19. The third-order valence-corrected chi connectivity index (χ3v) is 7.57. The summed E-state index contributed by atoms with van der Waals surface area (Å²) in [5.74, 6) is -1.50. The molecule has 2 heterocycles. The fourth-order valence-electron chi connectivity index (χ4n) is 5.11. The Labute approximate surface area is 263 Å². The van der Waals surface area contributed by atoms with E-state index >= 15 is 0 Å². The van der Waals surface area contributed by atoms with Crippen molar-refractivity contribution < 1.29 is 23.1 Å².